The number of hydrogen-bond donors (Lipinski definition) is 1. The number of rotatable bonds is 3. The monoisotopic (exact) mass is 274 g/mol. The number of nitrogens with zero attached hydrogens (tertiary/aromatic N) is 3. The summed E-state index contributed by atoms with van der Waals surface area (Å²) in [5.74, 6) is 0.439. The Balaban J connectivity index is 1.94. The highest BCUT2D eigenvalue weighted by Crippen LogP contribution is 2.30. The zero-order valence-electron chi connectivity index (χ0n) is 11.5. The Morgan fingerprint density at radius 1 is 1.45 bits per heavy atom. The maximum absolute atomic E-state index is 5.92. The fourth-order valence-corrected chi connectivity index (χ4v) is 2.47. The van der Waals surface area contributed by atoms with Crippen molar-refractivity contribution in [3.8, 4) is 17.1 Å². The van der Waals surface area contributed by atoms with Crippen LogP contribution in [-0.2, 0) is 4.74 Å². The van der Waals surface area contributed by atoms with Crippen molar-refractivity contribution in [1.82, 2.24) is 14.8 Å². The van der Waals surface area contributed by atoms with Crippen LogP contribution in [0.15, 0.2) is 24.5 Å². The molecular weight excluding hydrogens is 256 g/mol. The van der Waals surface area contributed by atoms with Gasteiger partial charge in [-0.25, -0.2) is 9.67 Å². The van der Waals surface area contributed by atoms with Crippen molar-refractivity contribution in [3.05, 3.63) is 24.5 Å². The first-order valence-corrected chi connectivity index (χ1v) is 6.74. The van der Waals surface area contributed by atoms with Gasteiger partial charge in [0.25, 0.3) is 0 Å². The summed E-state index contributed by atoms with van der Waals surface area (Å²) in [6.45, 7) is 0.785. The molecule has 2 N–H and O–H groups in total. The molecule has 2 aromatic heterocycles. The van der Waals surface area contributed by atoms with Crippen LogP contribution in [0.4, 0.5) is 5.69 Å². The van der Waals surface area contributed by atoms with E-state index in [0.717, 1.165) is 37.1 Å². The Labute approximate surface area is 117 Å². The van der Waals surface area contributed by atoms with Crippen molar-refractivity contribution in [2.45, 2.75) is 25.5 Å². The molecule has 0 spiro atoms. The molecule has 1 saturated heterocycles. The standard InChI is InChI=1S/C14H18N4O2/c1-19-14-11(15)8-10(9-16-14)12-5-6-17-18(12)13-4-2-3-7-20-13/h5-6,8-9,13H,2-4,7,15H2,1H3. The number of anilines is 1. The van der Waals surface area contributed by atoms with Gasteiger partial charge in [0.1, 0.15) is 0 Å². The van der Waals surface area contributed by atoms with Gasteiger partial charge in [-0.1, -0.05) is 0 Å². The fourth-order valence-electron chi connectivity index (χ4n) is 2.47. The number of nitrogen functional groups attached to an aromatic ring is 1. The van der Waals surface area contributed by atoms with Gasteiger partial charge >= 0.3 is 0 Å². The van der Waals surface area contributed by atoms with E-state index in [1.165, 1.54) is 0 Å². The van der Waals surface area contributed by atoms with Gasteiger partial charge in [0.05, 0.1) is 18.5 Å². The van der Waals surface area contributed by atoms with E-state index < -0.39 is 0 Å². The lowest BCUT2D eigenvalue weighted by Crippen LogP contribution is -2.19. The molecule has 1 unspecified atom stereocenters. The predicted octanol–water partition coefficient (Wildman–Crippen LogP) is 2.23. The van der Waals surface area contributed by atoms with E-state index >= 15 is 0 Å². The van der Waals surface area contributed by atoms with Crippen molar-refractivity contribution >= 4 is 5.69 Å². The second-order valence-corrected chi connectivity index (χ2v) is 4.80. The smallest absolute Gasteiger partial charge is 0.236 e. The molecule has 6 nitrogen and oxygen atoms in total. The first kappa shape index (κ1) is 12.9. The normalized spacial score (nSPS) is 18.9. The van der Waals surface area contributed by atoms with Gasteiger partial charge in [-0.15, -0.1) is 0 Å². The summed E-state index contributed by atoms with van der Waals surface area (Å²) >= 11 is 0. The van der Waals surface area contributed by atoms with Gasteiger partial charge in [-0.3, -0.25) is 0 Å². The lowest BCUT2D eigenvalue weighted by Gasteiger charge is -2.24. The molecule has 2 aromatic rings. The van der Waals surface area contributed by atoms with Crippen LogP contribution < -0.4 is 10.5 Å². The minimum Gasteiger partial charge on any atom is -0.480 e. The minimum absolute atomic E-state index is 0.00271. The van der Waals surface area contributed by atoms with E-state index in [2.05, 4.69) is 10.1 Å². The maximum atomic E-state index is 5.92. The van der Waals surface area contributed by atoms with Gasteiger partial charge in [0.15, 0.2) is 6.23 Å². The van der Waals surface area contributed by atoms with Crippen LogP contribution in [0.1, 0.15) is 25.5 Å². The average Bonchev–Trinajstić information content (AvgIpc) is 2.97. The van der Waals surface area contributed by atoms with E-state index in [0.29, 0.717) is 11.6 Å². The molecule has 106 valence electrons. The van der Waals surface area contributed by atoms with Gasteiger partial charge in [-0.2, -0.15) is 5.10 Å². The molecule has 1 aliphatic rings. The number of ether oxygens (including phenoxy) is 2. The summed E-state index contributed by atoms with van der Waals surface area (Å²) in [6.07, 6.45) is 6.77. The molecule has 0 amide bonds. The molecule has 0 radical (unpaired) electrons. The first-order valence-electron chi connectivity index (χ1n) is 6.74. The second kappa shape index (κ2) is 5.50. The Kier molecular flexibility index (Phi) is 3.56. The summed E-state index contributed by atoms with van der Waals surface area (Å²) in [6, 6.07) is 3.79. The second-order valence-electron chi connectivity index (χ2n) is 4.80. The molecule has 3 heterocycles. The maximum Gasteiger partial charge on any atom is 0.236 e. The molecule has 6 heteroatoms. The van der Waals surface area contributed by atoms with Crippen molar-refractivity contribution in [3.63, 3.8) is 0 Å². The third-order valence-corrected chi connectivity index (χ3v) is 3.47. The average molecular weight is 274 g/mol. The van der Waals surface area contributed by atoms with E-state index in [4.69, 9.17) is 15.2 Å². The molecule has 20 heavy (non-hydrogen) atoms. The van der Waals surface area contributed by atoms with Crippen molar-refractivity contribution in [2.75, 3.05) is 19.5 Å². The van der Waals surface area contributed by atoms with Crippen LogP contribution in [0, 0.1) is 0 Å². The number of nitrogens with two attached hydrogens (primary N) is 1. The summed E-state index contributed by atoms with van der Waals surface area (Å²) in [7, 11) is 1.55. The van der Waals surface area contributed by atoms with E-state index in [1.54, 1.807) is 19.5 Å². The first-order chi connectivity index (χ1) is 9.79. The number of hydrogen-bond acceptors (Lipinski definition) is 5. The zero-order chi connectivity index (χ0) is 13.9. The van der Waals surface area contributed by atoms with Gasteiger partial charge in [0, 0.05) is 24.6 Å². The lowest BCUT2D eigenvalue weighted by atomic mass is 10.1. The van der Waals surface area contributed by atoms with E-state index in [-0.39, 0.29) is 6.23 Å². The van der Waals surface area contributed by atoms with Crippen molar-refractivity contribution in [1.29, 1.82) is 0 Å². The van der Waals surface area contributed by atoms with Gasteiger partial charge in [0.2, 0.25) is 5.88 Å². The largest absolute Gasteiger partial charge is 0.480 e. The Bertz CT molecular complexity index is 591. The molecule has 3 rings (SSSR count). The van der Waals surface area contributed by atoms with Crippen LogP contribution in [0.2, 0.25) is 0 Å². The molecule has 0 aliphatic carbocycles. The Morgan fingerprint density at radius 3 is 3.05 bits per heavy atom. The number of methoxy groups -OCH3 is 1. The van der Waals surface area contributed by atoms with E-state index in [1.807, 2.05) is 16.8 Å². The van der Waals surface area contributed by atoms with Crippen LogP contribution in [0.5, 0.6) is 5.88 Å². The Morgan fingerprint density at radius 2 is 2.35 bits per heavy atom. The molecule has 1 fully saturated rings. The summed E-state index contributed by atoms with van der Waals surface area (Å²) < 4.78 is 12.8. The van der Waals surface area contributed by atoms with Crippen LogP contribution in [0.3, 0.4) is 0 Å². The van der Waals surface area contributed by atoms with Crippen molar-refractivity contribution < 1.29 is 9.47 Å². The topological polar surface area (TPSA) is 75.2 Å². The predicted molar refractivity (Wildman–Crippen MR) is 75.3 cm³/mol. The summed E-state index contributed by atoms with van der Waals surface area (Å²) in [4.78, 5) is 4.21. The molecule has 0 bridgehead atoms. The highest BCUT2D eigenvalue weighted by molar-refractivity contribution is 5.65. The van der Waals surface area contributed by atoms with Gasteiger partial charge < -0.3 is 15.2 Å². The fraction of sp³-hybridized carbons (Fsp3) is 0.429. The molecule has 0 aromatic carbocycles. The number of aromatic nitrogens is 3. The van der Waals surface area contributed by atoms with Crippen molar-refractivity contribution in [2.24, 2.45) is 0 Å². The van der Waals surface area contributed by atoms with E-state index in [9.17, 15) is 0 Å². The summed E-state index contributed by atoms with van der Waals surface area (Å²) in [5.41, 5.74) is 8.30. The molecular formula is C14H18N4O2. The van der Waals surface area contributed by atoms with Crippen LogP contribution in [-0.4, -0.2) is 28.5 Å². The highest BCUT2D eigenvalue weighted by Gasteiger charge is 2.20. The lowest BCUT2D eigenvalue weighted by molar-refractivity contribution is -0.0383. The molecule has 1 aliphatic heterocycles. The number of pyridine rings is 1. The van der Waals surface area contributed by atoms with Gasteiger partial charge in [-0.05, 0) is 31.4 Å². The third-order valence-electron chi connectivity index (χ3n) is 3.47. The SMILES string of the molecule is COc1ncc(-c2ccnn2C2CCCCO2)cc1N. The quantitative estimate of drug-likeness (QED) is 0.929. The molecule has 1 atom stereocenters. The minimum atomic E-state index is -0.00271. The summed E-state index contributed by atoms with van der Waals surface area (Å²) in [5, 5.41) is 4.38. The van der Waals surface area contributed by atoms with Crippen LogP contribution in [0.25, 0.3) is 11.3 Å². The van der Waals surface area contributed by atoms with Crippen LogP contribution >= 0.6 is 0 Å². The molecule has 0 saturated carbocycles. The highest BCUT2D eigenvalue weighted by atomic mass is 16.5. The third kappa shape index (κ3) is 2.34. The zero-order valence-corrected chi connectivity index (χ0v) is 11.5. The Hall–Kier alpha value is -2.08.